The lowest BCUT2D eigenvalue weighted by Gasteiger charge is -2.32. The lowest BCUT2D eigenvalue weighted by molar-refractivity contribution is -0.147. The molecule has 0 saturated carbocycles. The van der Waals surface area contributed by atoms with Gasteiger partial charge in [-0.15, -0.1) is 0 Å². The van der Waals surface area contributed by atoms with Crippen LogP contribution < -0.4 is 61.0 Å². The molecule has 27 nitrogen and oxygen atoms in total. The van der Waals surface area contributed by atoms with E-state index >= 15 is 0 Å². The van der Waals surface area contributed by atoms with Gasteiger partial charge in [0.25, 0.3) is 0 Å². The molecule has 3 fully saturated rings. The van der Waals surface area contributed by atoms with Gasteiger partial charge in [-0.2, -0.15) is 0 Å². The van der Waals surface area contributed by atoms with Gasteiger partial charge >= 0.3 is 5.97 Å². The van der Waals surface area contributed by atoms with Gasteiger partial charge in [-0.1, -0.05) is 42.5 Å². The summed E-state index contributed by atoms with van der Waals surface area (Å²) in [5.41, 5.74) is 35.2. The molecule has 3 saturated heterocycles. The van der Waals surface area contributed by atoms with E-state index in [1.807, 2.05) is 0 Å². The highest BCUT2D eigenvalue weighted by Gasteiger charge is 2.44. The van der Waals surface area contributed by atoms with Gasteiger partial charge in [0, 0.05) is 51.3 Å². The third-order valence-electron chi connectivity index (χ3n) is 13.5. The second-order valence-electron chi connectivity index (χ2n) is 19.3. The lowest BCUT2D eigenvalue weighted by Crippen LogP contribution is -2.60. The zero-order valence-corrected chi connectivity index (χ0v) is 43.0. The van der Waals surface area contributed by atoms with Crippen LogP contribution in [-0.4, -0.2) is 184 Å². The second kappa shape index (κ2) is 29.3. The maximum Gasteiger partial charge on any atom is 0.326 e. The largest absolute Gasteiger partial charge is 0.480 e. The molecule has 2 aromatic rings. The maximum atomic E-state index is 14.2. The van der Waals surface area contributed by atoms with Crippen LogP contribution in [0.2, 0.25) is 0 Å². The number of rotatable bonds is 27. The Hall–Kier alpha value is -8.07. The quantitative estimate of drug-likeness (QED) is 0.0174. The van der Waals surface area contributed by atoms with Gasteiger partial charge in [0.1, 0.15) is 42.3 Å². The molecule has 5 rings (SSSR count). The minimum Gasteiger partial charge on any atom is -0.480 e. The van der Waals surface area contributed by atoms with E-state index in [-0.39, 0.29) is 70.2 Å². The first kappa shape index (κ1) is 59.8. The van der Waals surface area contributed by atoms with Crippen LogP contribution in [0.25, 0.3) is 0 Å². The molecule has 420 valence electrons. The van der Waals surface area contributed by atoms with Gasteiger partial charge in [0.15, 0.2) is 11.9 Å². The monoisotopic (exact) mass is 1070 g/mol. The Morgan fingerprint density at radius 1 is 0.597 bits per heavy atom. The fourth-order valence-corrected chi connectivity index (χ4v) is 9.59. The molecule has 0 aromatic heterocycles. The molecule has 2 aromatic carbocycles. The van der Waals surface area contributed by atoms with Crippen LogP contribution >= 0.6 is 0 Å². The molecule has 77 heavy (non-hydrogen) atoms. The van der Waals surface area contributed by atoms with Gasteiger partial charge in [-0.05, 0) is 87.5 Å². The van der Waals surface area contributed by atoms with E-state index < -0.39 is 115 Å². The van der Waals surface area contributed by atoms with Crippen LogP contribution in [0.3, 0.4) is 0 Å². The molecule has 0 unspecified atom stereocenters. The van der Waals surface area contributed by atoms with E-state index in [1.54, 1.807) is 54.6 Å². The van der Waals surface area contributed by atoms with E-state index in [9.17, 15) is 53.4 Å². The highest BCUT2D eigenvalue weighted by molar-refractivity contribution is 5.98. The summed E-state index contributed by atoms with van der Waals surface area (Å²) in [6.07, 6.45) is 2.99. The number of anilines is 1. The fraction of sp³-hybridized carbons (Fsp3) is 0.540. The van der Waals surface area contributed by atoms with E-state index in [0.29, 0.717) is 68.3 Å². The molecule has 3 aliphatic rings. The van der Waals surface area contributed by atoms with Crippen LogP contribution in [0.5, 0.6) is 0 Å². The molecule has 8 atom stereocenters. The number of amides is 8. The highest BCUT2D eigenvalue weighted by Crippen LogP contribution is 2.26. The number of hydrogen-bond acceptors (Lipinski definition) is 14. The second-order valence-corrected chi connectivity index (χ2v) is 19.3. The van der Waals surface area contributed by atoms with Gasteiger partial charge in [0.05, 0.1) is 19.2 Å². The summed E-state index contributed by atoms with van der Waals surface area (Å²) in [4.78, 5) is 134. The molecular formula is C50H74N16O11. The molecule has 0 spiro atoms. The van der Waals surface area contributed by atoms with Crippen molar-refractivity contribution in [2.45, 2.75) is 125 Å². The SMILES string of the molecule is NC(N)=NCCC[C@H](NC(=O)[C@H](Cc1ccccc1)NC(=O)[C@@H]1CCCN1C(=O)[C@H](CO)NC(=O)[C@H](Cc1ccc(N)cc1)NC(=O)CNC(=O)[C@@H]1CCCN1C(=O)[C@@H]1CCCN1C(=O)[C@@H](N)CCCN=C(N)N)C(=O)O. The lowest BCUT2D eigenvalue weighted by atomic mass is 10.0. The number of aliphatic imine (C=N–C) groups is 2. The molecule has 0 radical (unpaired) electrons. The zero-order valence-electron chi connectivity index (χ0n) is 43.0. The number of likely N-dealkylation sites (tertiary alicyclic amines) is 3. The Bertz CT molecular complexity index is 2460. The van der Waals surface area contributed by atoms with Crippen molar-refractivity contribution in [2.75, 3.05) is 51.6 Å². The van der Waals surface area contributed by atoms with E-state index in [1.165, 1.54) is 14.7 Å². The van der Waals surface area contributed by atoms with E-state index in [2.05, 4.69) is 36.6 Å². The smallest absolute Gasteiger partial charge is 0.326 e. The van der Waals surface area contributed by atoms with Crippen LogP contribution in [0.15, 0.2) is 64.6 Å². The van der Waals surface area contributed by atoms with Crippen LogP contribution in [0, 0.1) is 0 Å². The first-order valence-corrected chi connectivity index (χ1v) is 25.8. The summed E-state index contributed by atoms with van der Waals surface area (Å²) in [7, 11) is 0. The maximum absolute atomic E-state index is 14.2. The third kappa shape index (κ3) is 17.8. The fourth-order valence-electron chi connectivity index (χ4n) is 9.59. The number of nitrogens with zero attached hydrogens (tertiary/aromatic N) is 5. The number of nitrogens with one attached hydrogen (secondary N) is 5. The van der Waals surface area contributed by atoms with Crippen LogP contribution in [0.4, 0.5) is 5.69 Å². The summed E-state index contributed by atoms with van der Waals surface area (Å²) < 4.78 is 0. The van der Waals surface area contributed by atoms with Crippen molar-refractivity contribution in [1.29, 1.82) is 0 Å². The molecule has 0 aliphatic carbocycles. The highest BCUT2D eigenvalue weighted by atomic mass is 16.4. The van der Waals surface area contributed by atoms with Crippen molar-refractivity contribution in [3.05, 3.63) is 65.7 Å². The Morgan fingerprint density at radius 2 is 1.10 bits per heavy atom. The van der Waals surface area contributed by atoms with Gasteiger partial charge in [-0.3, -0.25) is 48.3 Å². The number of nitrogens with two attached hydrogens (primary N) is 6. The molecule has 27 heteroatoms. The number of carbonyl (C=O) groups excluding carboxylic acids is 8. The summed E-state index contributed by atoms with van der Waals surface area (Å²) in [5, 5.41) is 33.3. The predicted octanol–water partition coefficient (Wildman–Crippen LogP) is -4.41. The number of carboxylic acid groups (broad SMARTS) is 1. The number of aliphatic hydroxyl groups is 1. The third-order valence-corrected chi connectivity index (χ3v) is 13.5. The summed E-state index contributed by atoms with van der Waals surface area (Å²) in [5.74, 6) is -7.06. The minimum absolute atomic E-state index is 0.0262. The Balaban J connectivity index is 1.22. The number of aliphatic hydroxyl groups excluding tert-OH is 1. The van der Waals surface area contributed by atoms with Gasteiger partial charge in [-0.25, -0.2) is 4.79 Å². The van der Waals surface area contributed by atoms with Crippen LogP contribution in [0.1, 0.15) is 75.3 Å². The average molecular weight is 1080 g/mol. The molecule has 3 heterocycles. The average Bonchev–Trinajstić information content (AvgIpc) is 4.22. The normalized spacial score (nSPS) is 18.9. The first-order valence-electron chi connectivity index (χ1n) is 25.8. The number of aliphatic carboxylic acids is 1. The van der Waals surface area contributed by atoms with Crippen molar-refractivity contribution in [2.24, 2.45) is 38.7 Å². The van der Waals surface area contributed by atoms with Crippen molar-refractivity contribution >= 4 is 70.8 Å². The number of nitrogen functional groups attached to an aromatic ring is 1. The topological polar surface area (TPSA) is 445 Å². The Labute approximate surface area is 445 Å². The number of benzene rings is 2. The van der Waals surface area contributed by atoms with Crippen LogP contribution in [-0.2, 0) is 56.0 Å². The molecule has 3 aliphatic heterocycles. The van der Waals surface area contributed by atoms with Crippen molar-refractivity contribution in [1.82, 2.24) is 41.3 Å². The molecular weight excluding hydrogens is 1000 g/mol. The Kier molecular flexibility index (Phi) is 22.7. The summed E-state index contributed by atoms with van der Waals surface area (Å²) in [6.45, 7) is -0.517. The number of hydrogen-bond donors (Lipinski definition) is 13. The molecule has 0 bridgehead atoms. The van der Waals surface area contributed by atoms with Gasteiger partial charge < -0.3 is 85.9 Å². The number of guanidine groups is 2. The zero-order chi connectivity index (χ0) is 56.2. The van der Waals surface area contributed by atoms with Gasteiger partial charge in [0.2, 0.25) is 47.3 Å². The number of carbonyl (C=O) groups is 9. The van der Waals surface area contributed by atoms with E-state index in [0.717, 1.165) is 0 Å². The standard InChI is InChI=1S/C50H74N16O11/c51-31-18-16-30(17-19-31)26-34(60-40(68)27-59-43(71)37-13-6-23-65(37)47(75)39-15-8-24-66(39)45(73)32(52)11-4-20-57-49(53)54)41(69)63-36(28-67)46(74)64-22-7-14-38(64)44(72)62-35(25-29-9-2-1-3-10-29)42(70)61-33(48(76)77)12-5-21-58-50(55)56/h1-3,9-10,16-19,32-39,67H,4-8,11-15,20-28,51-52H2,(H,59,71)(H,60,68)(H,61,70)(H,62,72)(H,63,69)(H,76,77)(H4,53,54,57)(H4,55,56,58)/t32-,33-,34-,35-,36-,37-,38-,39-/m0/s1. The first-order chi connectivity index (χ1) is 36.8. The Morgan fingerprint density at radius 3 is 1.68 bits per heavy atom. The summed E-state index contributed by atoms with van der Waals surface area (Å²) in [6, 6.07) is 5.64. The minimum atomic E-state index is -1.61. The van der Waals surface area contributed by atoms with Crippen molar-refractivity contribution in [3.8, 4) is 0 Å². The summed E-state index contributed by atoms with van der Waals surface area (Å²) >= 11 is 0. The molecule has 8 amide bonds. The van der Waals surface area contributed by atoms with Crippen molar-refractivity contribution in [3.63, 3.8) is 0 Å². The predicted molar refractivity (Wildman–Crippen MR) is 282 cm³/mol. The van der Waals surface area contributed by atoms with Crippen molar-refractivity contribution < 1.29 is 53.4 Å². The number of carboxylic acids is 1. The van der Waals surface area contributed by atoms with E-state index in [4.69, 9.17) is 34.4 Å². The molecule has 19 N–H and O–H groups in total.